The summed E-state index contributed by atoms with van der Waals surface area (Å²) in [5.41, 5.74) is 0.577. The van der Waals surface area contributed by atoms with E-state index in [1.165, 1.54) is 0 Å². The zero-order chi connectivity index (χ0) is 17.0. The maximum absolute atomic E-state index is 12.6. The molecular weight excluding hydrogens is 288 g/mol. The van der Waals surface area contributed by atoms with E-state index >= 15 is 0 Å². The first-order valence-electron chi connectivity index (χ1n) is 7.87. The Bertz CT molecular complexity index is 598. The summed E-state index contributed by atoms with van der Waals surface area (Å²) in [6, 6.07) is 9.17. The highest BCUT2D eigenvalue weighted by atomic mass is 16.6. The molecule has 122 valence electrons. The van der Waals surface area contributed by atoms with Crippen LogP contribution >= 0.6 is 0 Å². The maximum atomic E-state index is 12.6. The van der Waals surface area contributed by atoms with Crippen molar-refractivity contribution in [3.63, 3.8) is 0 Å². The fourth-order valence-electron chi connectivity index (χ4n) is 2.97. The maximum Gasteiger partial charge on any atom is 0.324 e. The van der Waals surface area contributed by atoms with Crippen LogP contribution in [0.5, 0.6) is 0 Å². The third-order valence-corrected chi connectivity index (χ3v) is 3.94. The van der Waals surface area contributed by atoms with Gasteiger partial charge in [-0.05, 0) is 26.3 Å². The number of hydrogen-bond acceptors (Lipinski definition) is 3. The van der Waals surface area contributed by atoms with Crippen molar-refractivity contribution < 1.29 is 9.53 Å². The van der Waals surface area contributed by atoms with Crippen LogP contribution in [0.25, 0.3) is 4.85 Å². The van der Waals surface area contributed by atoms with Crippen molar-refractivity contribution >= 4 is 5.97 Å². The van der Waals surface area contributed by atoms with Gasteiger partial charge in [-0.25, -0.2) is 6.57 Å². The quantitative estimate of drug-likeness (QED) is 0.485. The Morgan fingerprint density at radius 3 is 2.61 bits per heavy atom. The van der Waals surface area contributed by atoms with E-state index in [2.05, 4.69) is 11.4 Å². The van der Waals surface area contributed by atoms with E-state index in [-0.39, 0.29) is 18.1 Å². The fraction of sp³-hybridized carbons (Fsp3) is 0.474. The van der Waals surface area contributed by atoms with Gasteiger partial charge in [0, 0.05) is 6.54 Å². The molecule has 0 bridgehead atoms. The Kier molecular flexibility index (Phi) is 5.23. The Balaban J connectivity index is 2.25. The molecule has 1 saturated heterocycles. The Morgan fingerprint density at radius 1 is 1.43 bits per heavy atom. The number of hydrogen-bond donors (Lipinski definition) is 0. The van der Waals surface area contributed by atoms with Crippen molar-refractivity contribution in [3.8, 4) is 0 Å². The molecule has 23 heavy (non-hydrogen) atoms. The summed E-state index contributed by atoms with van der Waals surface area (Å²) in [6.07, 6.45) is 2.26. The zero-order valence-corrected chi connectivity index (χ0v) is 14.0. The van der Waals surface area contributed by atoms with Gasteiger partial charge in [0.15, 0.2) is 0 Å². The number of nitrogens with zero attached hydrogens (tertiary/aromatic N) is 2. The predicted molar refractivity (Wildman–Crippen MR) is 90.6 cm³/mol. The molecule has 0 saturated carbocycles. The van der Waals surface area contributed by atoms with E-state index in [4.69, 9.17) is 11.3 Å². The summed E-state index contributed by atoms with van der Waals surface area (Å²) in [4.78, 5) is 18.3. The van der Waals surface area contributed by atoms with Gasteiger partial charge in [0.2, 0.25) is 6.04 Å². The largest absolute Gasteiger partial charge is 0.459 e. The van der Waals surface area contributed by atoms with Crippen LogP contribution in [0.4, 0.5) is 0 Å². The number of carbonyl (C=O) groups excluding carboxylic acids is 1. The molecule has 1 aliphatic heterocycles. The van der Waals surface area contributed by atoms with Crippen molar-refractivity contribution in [3.05, 3.63) is 60.0 Å². The molecule has 0 aliphatic carbocycles. The number of esters is 1. The van der Waals surface area contributed by atoms with E-state index in [0.29, 0.717) is 13.0 Å². The molecule has 0 unspecified atom stereocenters. The summed E-state index contributed by atoms with van der Waals surface area (Å²) in [6.45, 7) is 17.5. The highest BCUT2D eigenvalue weighted by Crippen LogP contribution is 2.31. The third-order valence-electron chi connectivity index (χ3n) is 3.94. The van der Waals surface area contributed by atoms with Crippen LogP contribution in [0.2, 0.25) is 0 Å². The second kappa shape index (κ2) is 6.97. The van der Waals surface area contributed by atoms with Crippen molar-refractivity contribution in [2.45, 2.75) is 57.5 Å². The highest BCUT2D eigenvalue weighted by molar-refractivity contribution is 5.77. The lowest BCUT2D eigenvalue weighted by atomic mass is 10.1. The van der Waals surface area contributed by atoms with E-state index in [1.54, 1.807) is 6.08 Å². The molecule has 1 fully saturated rings. The molecule has 2 rings (SSSR count). The van der Waals surface area contributed by atoms with E-state index in [0.717, 1.165) is 5.56 Å². The van der Waals surface area contributed by atoms with E-state index in [9.17, 15) is 4.79 Å². The standard InChI is InChI=1S/C19H24N2O2/c1-6-16-15(20-5)12-17(18(22)23-19(2,3)4)21(16)13-14-10-8-7-9-11-14/h6-11,15-17H,1,12-13H2,2-4H3/t15-,16+,17-/m1/s1. The van der Waals surface area contributed by atoms with Crippen molar-refractivity contribution in [2.75, 3.05) is 0 Å². The summed E-state index contributed by atoms with van der Waals surface area (Å²) < 4.78 is 5.56. The van der Waals surface area contributed by atoms with Gasteiger partial charge < -0.3 is 9.58 Å². The number of ether oxygens (including phenoxy) is 1. The van der Waals surface area contributed by atoms with Crippen LogP contribution in [-0.2, 0) is 16.1 Å². The first-order valence-corrected chi connectivity index (χ1v) is 7.87. The summed E-state index contributed by atoms with van der Waals surface area (Å²) in [5, 5.41) is 0. The van der Waals surface area contributed by atoms with Gasteiger partial charge in [0.25, 0.3) is 0 Å². The normalized spacial score (nSPS) is 24.9. The third kappa shape index (κ3) is 4.20. The topological polar surface area (TPSA) is 33.9 Å². The molecule has 1 aromatic carbocycles. The minimum Gasteiger partial charge on any atom is -0.459 e. The van der Waals surface area contributed by atoms with Crippen LogP contribution < -0.4 is 0 Å². The summed E-state index contributed by atoms with van der Waals surface area (Å²) >= 11 is 0. The van der Waals surface area contributed by atoms with Gasteiger partial charge in [-0.2, -0.15) is 0 Å². The lowest BCUT2D eigenvalue weighted by Crippen LogP contribution is -2.43. The average Bonchev–Trinajstić information content (AvgIpc) is 2.84. The SMILES string of the molecule is [C-]#[N+][C@@H]1C[C@H](C(=O)OC(C)(C)C)N(Cc2ccccc2)[C@H]1C=C. The molecule has 1 aromatic rings. The van der Waals surface area contributed by atoms with Crippen molar-refractivity contribution in [1.82, 2.24) is 4.90 Å². The van der Waals surface area contributed by atoms with Gasteiger partial charge in [-0.15, -0.1) is 6.58 Å². The Morgan fingerprint density at radius 2 is 2.09 bits per heavy atom. The Hall–Kier alpha value is -2.12. The van der Waals surface area contributed by atoms with Crippen LogP contribution in [0.15, 0.2) is 43.0 Å². The van der Waals surface area contributed by atoms with Gasteiger partial charge >= 0.3 is 5.97 Å². The molecule has 1 aliphatic rings. The van der Waals surface area contributed by atoms with Gasteiger partial charge in [-0.1, -0.05) is 36.4 Å². The molecule has 0 spiro atoms. The second-order valence-corrected chi connectivity index (χ2v) is 6.87. The molecule has 4 nitrogen and oxygen atoms in total. The number of rotatable bonds is 4. The van der Waals surface area contributed by atoms with Crippen LogP contribution in [-0.4, -0.2) is 34.6 Å². The van der Waals surface area contributed by atoms with Gasteiger partial charge in [0.1, 0.15) is 17.7 Å². The highest BCUT2D eigenvalue weighted by Gasteiger charge is 2.48. The number of benzene rings is 1. The monoisotopic (exact) mass is 312 g/mol. The first kappa shape index (κ1) is 17.2. The molecule has 0 amide bonds. The van der Waals surface area contributed by atoms with Crippen LogP contribution in [0.3, 0.4) is 0 Å². The lowest BCUT2D eigenvalue weighted by Gasteiger charge is -2.29. The predicted octanol–water partition coefficient (Wildman–Crippen LogP) is 3.45. The smallest absolute Gasteiger partial charge is 0.324 e. The van der Waals surface area contributed by atoms with Crippen molar-refractivity contribution in [1.29, 1.82) is 0 Å². The molecule has 1 heterocycles. The average molecular weight is 312 g/mol. The Labute approximate surface area is 138 Å². The fourth-order valence-corrected chi connectivity index (χ4v) is 2.97. The molecule has 4 heteroatoms. The number of likely N-dealkylation sites (tertiary alicyclic amines) is 1. The summed E-state index contributed by atoms with van der Waals surface area (Å²) in [5.74, 6) is -0.258. The lowest BCUT2D eigenvalue weighted by molar-refractivity contribution is -0.160. The van der Waals surface area contributed by atoms with E-state index in [1.807, 2.05) is 56.0 Å². The van der Waals surface area contributed by atoms with Gasteiger partial charge in [-0.3, -0.25) is 9.69 Å². The second-order valence-electron chi connectivity index (χ2n) is 6.87. The molecule has 0 radical (unpaired) electrons. The summed E-state index contributed by atoms with van der Waals surface area (Å²) in [7, 11) is 0. The minimum atomic E-state index is -0.532. The van der Waals surface area contributed by atoms with Crippen LogP contribution in [0, 0.1) is 6.57 Å². The first-order chi connectivity index (χ1) is 10.9. The van der Waals surface area contributed by atoms with Crippen molar-refractivity contribution in [2.24, 2.45) is 0 Å². The number of carbonyl (C=O) groups is 1. The minimum absolute atomic E-state index is 0.134. The van der Waals surface area contributed by atoms with E-state index < -0.39 is 11.6 Å². The molecule has 0 aromatic heterocycles. The molecule has 0 N–H and O–H groups in total. The molecule has 3 atom stereocenters. The zero-order valence-electron chi connectivity index (χ0n) is 14.0. The van der Waals surface area contributed by atoms with Crippen LogP contribution in [0.1, 0.15) is 32.8 Å². The van der Waals surface area contributed by atoms with Gasteiger partial charge in [0.05, 0.1) is 6.42 Å². The molecular formula is C19H24N2O2.